The Morgan fingerprint density at radius 2 is 1.80 bits per heavy atom. The van der Waals surface area contributed by atoms with Crippen molar-refractivity contribution in [3.8, 4) is 5.75 Å². The minimum Gasteiger partial charge on any atom is -0.493 e. The van der Waals surface area contributed by atoms with Crippen molar-refractivity contribution < 1.29 is 23.0 Å². The van der Waals surface area contributed by atoms with E-state index in [0.717, 1.165) is 37.8 Å². The Morgan fingerprint density at radius 3 is 2.45 bits per heavy atom. The number of hydrogen-bond acceptors (Lipinski definition) is 4. The third-order valence-corrected chi connectivity index (χ3v) is 2.59. The van der Waals surface area contributed by atoms with Gasteiger partial charge in [0.1, 0.15) is 5.75 Å². The molecule has 0 fully saturated rings. The van der Waals surface area contributed by atoms with E-state index < -0.39 is 11.9 Å². The summed E-state index contributed by atoms with van der Waals surface area (Å²) in [6.07, 6.45) is 3.73. The van der Waals surface area contributed by atoms with Crippen LogP contribution in [0.2, 0.25) is 0 Å². The van der Waals surface area contributed by atoms with Gasteiger partial charge in [-0.3, -0.25) is 4.79 Å². The van der Waals surface area contributed by atoms with Crippen LogP contribution < -0.4 is 4.74 Å². The molecule has 0 spiro atoms. The van der Waals surface area contributed by atoms with Crippen molar-refractivity contribution >= 4 is 5.97 Å². The molecule has 1 aromatic heterocycles. The molecule has 6 heteroatoms. The molecule has 0 amide bonds. The zero-order valence-corrected chi connectivity index (χ0v) is 11.5. The highest BCUT2D eigenvalue weighted by Gasteiger charge is 2.03. The summed E-state index contributed by atoms with van der Waals surface area (Å²) in [4.78, 5) is 14.0. The second-order valence-corrected chi connectivity index (χ2v) is 4.27. The molecule has 112 valence electrons. The Labute approximate surface area is 117 Å². The molecule has 0 atom stereocenters. The number of esters is 1. The van der Waals surface area contributed by atoms with Crippen LogP contribution >= 0.6 is 0 Å². The van der Waals surface area contributed by atoms with E-state index in [1.54, 1.807) is 6.92 Å². The van der Waals surface area contributed by atoms with Gasteiger partial charge in [0.2, 0.25) is 11.9 Å². The lowest BCUT2D eigenvalue weighted by atomic mass is 10.1. The Kier molecular flexibility index (Phi) is 7.54. The third kappa shape index (κ3) is 7.01. The van der Waals surface area contributed by atoms with Gasteiger partial charge in [-0.2, -0.15) is 13.8 Å². The minimum absolute atomic E-state index is 0.140. The van der Waals surface area contributed by atoms with Crippen LogP contribution in [-0.4, -0.2) is 24.2 Å². The van der Waals surface area contributed by atoms with Crippen molar-refractivity contribution in [1.29, 1.82) is 0 Å². The molecule has 0 radical (unpaired) electrons. The predicted molar refractivity (Wildman–Crippen MR) is 69.4 cm³/mol. The molecule has 0 aliphatic rings. The number of rotatable bonds is 9. The van der Waals surface area contributed by atoms with Gasteiger partial charge in [-0.1, -0.05) is 12.8 Å². The van der Waals surface area contributed by atoms with Crippen molar-refractivity contribution in [3.63, 3.8) is 0 Å². The monoisotopic (exact) mass is 287 g/mol. The van der Waals surface area contributed by atoms with Gasteiger partial charge < -0.3 is 9.47 Å². The first-order valence-corrected chi connectivity index (χ1v) is 6.73. The number of aromatic nitrogens is 1. The molecular formula is C14H19F2NO3. The zero-order chi connectivity index (χ0) is 14.8. The van der Waals surface area contributed by atoms with Crippen LogP contribution in [0.4, 0.5) is 8.78 Å². The van der Waals surface area contributed by atoms with Gasteiger partial charge in [0.15, 0.2) is 0 Å². The van der Waals surface area contributed by atoms with E-state index in [2.05, 4.69) is 4.98 Å². The standard InChI is InChI=1S/C14H19F2NO3/c1-2-19-14(18)7-5-3-4-6-8-20-11-9-12(15)17-13(16)10-11/h9-10H,2-8H2,1H3. The molecule has 1 rings (SSSR count). The molecule has 0 saturated heterocycles. The van der Waals surface area contributed by atoms with Crippen LogP contribution in [0.1, 0.15) is 39.0 Å². The van der Waals surface area contributed by atoms with Gasteiger partial charge in [-0.15, -0.1) is 0 Å². The largest absolute Gasteiger partial charge is 0.493 e. The minimum atomic E-state index is -0.894. The molecular weight excluding hydrogens is 268 g/mol. The van der Waals surface area contributed by atoms with Crippen LogP contribution in [0.15, 0.2) is 12.1 Å². The number of pyridine rings is 1. The SMILES string of the molecule is CCOC(=O)CCCCCCOc1cc(F)nc(F)c1. The van der Waals surface area contributed by atoms with E-state index in [9.17, 15) is 13.6 Å². The molecule has 0 unspecified atom stereocenters. The van der Waals surface area contributed by atoms with Crippen LogP contribution in [0.3, 0.4) is 0 Å². The van der Waals surface area contributed by atoms with E-state index in [-0.39, 0.29) is 11.7 Å². The first-order chi connectivity index (χ1) is 9.61. The second-order valence-electron chi connectivity index (χ2n) is 4.27. The average Bonchev–Trinajstić information content (AvgIpc) is 2.36. The molecule has 1 aromatic rings. The predicted octanol–water partition coefficient (Wildman–Crippen LogP) is 3.25. The highest BCUT2D eigenvalue weighted by atomic mass is 19.1. The van der Waals surface area contributed by atoms with Crippen LogP contribution in [0.25, 0.3) is 0 Å². The van der Waals surface area contributed by atoms with Gasteiger partial charge in [-0.25, -0.2) is 0 Å². The highest BCUT2D eigenvalue weighted by molar-refractivity contribution is 5.69. The Balaban J connectivity index is 2.06. The van der Waals surface area contributed by atoms with Crippen LogP contribution in [0.5, 0.6) is 5.75 Å². The number of nitrogens with zero attached hydrogens (tertiary/aromatic N) is 1. The fourth-order valence-electron chi connectivity index (χ4n) is 1.67. The lowest BCUT2D eigenvalue weighted by Crippen LogP contribution is -2.03. The normalized spacial score (nSPS) is 10.3. The van der Waals surface area contributed by atoms with Crippen molar-refractivity contribution in [1.82, 2.24) is 4.98 Å². The molecule has 0 aliphatic carbocycles. The van der Waals surface area contributed by atoms with E-state index >= 15 is 0 Å². The first kappa shape index (κ1) is 16.3. The van der Waals surface area contributed by atoms with Crippen molar-refractivity contribution in [2.75, 3.05) is 13.2 Å². The quantitative estimate of drug-likeness (QED) is 0.397. The Morgan fingerprint density at radius 1 is 1.15 bits per heavy atom. The zero-order valence-electron chi connectivity index (χ0n) is 11.5. The summed E-state index contributed by atoms with van der Waals surface area (Å²) in [5.41, 5.74) is 0. The van der Waals surface area contributed by atoms with Gasteiger partial charge in [-0.05, 0) is 19.8 Å². The van der Waals surface area contributed by atoms with Crippen molar-refractivity contribution in [2.24, 2.45) is 0 Å². The highest BCUT2D eigenvalue weighted by Crippen LogP contribution is 2.13. The van der Waals surface area contributed by atoms with Crippen LogP contribution in [-0.2, 0) is 9.53 Å². The number of halogens is 2. The lowest BCUT2D eigenvalue weighted by Gasteiger charge is -2.06. The summed E-state index contributed by atoms with van der Waals surface area (Å²) in [6, 6.07) is 2.09. The number of carbonyl (C=O) groups excluding carboxylic acids is 1. The molecule has 0 aliphatic heterocycles. The molecule has 0 aromatic carbocycles. The number of unbranched alkanes of at least 4 members (excludes halogenated alkanes) is 3. The average molecular weight is 287 g/mol. The fourth-order valence-corrected chi connectivity index (χ4v) is 1.67. The van der Waals surface area contributed by atoms with E-state index in [0.29, 0.717) is 19.6 Å². The molecule has 20 heavy (non-hydrogen) atoms. The smallest absolute Gasteiger partial charge is 0.305 e. The number of carbonyl (C=O) groups is 1. The van der Waals surface area contributed by atoms with Gasteiger partial charge in [0.25, 0.3) is 0 Å². The summed E-state index contributed by atoms with van der Waals surface area (Å²) in [5, 5.41) is 0. The van der Waals surface area contributed by atoms with E-state index in [4.69, 9.17) is 9.47 Å². The fraction of sp³-hybridized carbons (Fsp3) is 0.571. The molecule has 4 nitrogen and oxygen atoms in total. The van der Waals surface area contributed by atoms with E-state index in [1.807, 2.05) is 0 Å². The summed E-state index contributed by atoms with van der Waals surface area (Å²) in [7, 11) is 0. The van der Waals surface area contributed by atoms with Crippen molar-refractivity contribution in [2.45, 2.75) is 39.0 Å². The molecule has 0 saturated carbocycles. The Hall–Kier alpha value is -1.72. The summed E-state index contributed by atoms with van der Waals surface area (Å²) < 4.78 is 35.6. The molecule has 1 heterocycles. The van der Waals surface area contributed by atoms with E-state index in [1.165, 1.54) is 0 Å². The number of ether oxygens (including phenoxy) is 2. The second kappa shape index (κ2) is 9.23. The molecule has 0 N–H and O–H groups in total. The summed E-state index contributed by atoms with van der Waals surface area (Å²) in [6.45, 7) is 2.56. The van der Waals surface area contributed by atoms with Gasteiger partial charge in [0.05, 0.1) is 13.2 Å². The van der Waals surface area contributed by atoms with Crippen LogP contribution in [0, 0.1) is 11.9 Å². The Bertz CT molecular complexity index is 407. The first-order valence-electron chi connectivity index (χ1n) is 6.73. The number of hydrogen-bond donors (Lipinski definition) is 0. The maximum atomic E-state index is 12.8. The lowest BCUT2D eigenvalue weighted by molar-refractivity contribution is -0.143. The maximum absolute atomic E-state index is 12.8. The van der Waals surface area contributed by atoms with Gasteiger partial charge >= 0.3 is 5.97 Å². The summed E-state index contributed by atoms with van der Waals surface area (Å²) in [5.74, 6) is -1.82. The topological polar surface area (TPSA) is 48.4 Å². The van der Waals surface area contributed by atoms with Crippen molar-refractivity contribution in [3.05, 3.63) is 24.0 Å². The van der Waals surface area contributed by atoms with Gasteiger partial charge in [0, 0.05) is 18.6 Å². The maximum Gasteiger partial charge on any atom is 0.305 e. The third-order valence-electron chi connectivity index (χ3n) is 2.59. The molecule has 0 bridgehead atoms. The summed E-state index contributed by atoms with van der Waals surface area (Å²) >= 11 is 0.